The van der Waals surface area contributed by atoms with Crippen LogP contribution < -0.4 is 0 Å². The second kappa shape index (κ2) is 6.00. The summed E-state index contributed by atoms with van der Waals surface area (Å²) in [5.41, 5.74) is 0. The average Bonchev–Trinajstić information content (AvgIpc) is 2.39. The lowest BCUT2D eigenvalue weighted by atomic mass is 10.1. The zero-order chi connectivity index (χ0) is 11.3. The molecule has 0 aromatic heterocycles. The Bertz CT molecular complexity index is 212. The SMILES string of the molecule is CC1CCCCN(C(=O)COC(F)F)C1. The quantitative estimate of drug-likeness (QED) is 0.728. The van der Waals surface area contributed by atoms with E-state index in [4.69, 9.17) is 0 Å². The second-order valence-corrected chi connectivity index (χ2v) is 4.01. The predicted molar refractivity (Wildman–Crippen MR) is 51.6 cm³/mol. The largest absolute Gasteiger partial charge is 0.345 e. The molecular weight excluding hydrogens is 204 g/mol. The molecular formula is C10H17F2NO2. The number of rotatable bonds is 3. The van der Waals surface area contributed by atoms with E-state index in [1.54, 1.807) is 4.90 Å². The van der Waals surface area contributed by atoms with E-state index in [9.17, 15) is 13.6 Å². The van der Waals surface area contributed by atoms with E-state index < -0.39 is 13.2 Å². The van der Waals surface area contributed by atoms with Crippen LogP contribution in [0.2, 0.25) is 0 Å². The third-order valence-corrected chi connectivity index (χ3v) is 2.59. The molecule has 1 amide bonds. The summed E-state index contributed by atoms with van der Waals surface area (Å²) in [6.07, 6.45) is 3.14. The van der Waals surface area contributed by atoms with Crippen LogP contribution in [0.5, 0.6) is 0 Å². The van der Waals surface area contributed by atoms with E-state index in [1.807, 2.05) is 0 Å². The standard InChI is InChI=1S/C10H17F2NO2/c1-8-4-2-3-5-13(6-8)9(14)7-15-10(11)12/h8,10H,2-7H2,1H3. The molecule has 0 aromatic rings. The van der Waals surface area contributed by atoms with Gasteiger partial charge in [-0.25, -0.2) is 0 Å². The molecule has 1 unspecified atom stereocenters. The van der Waals surface area contributed by atoms with Gasteiger partial charge in [0.25, 0.3) is 0 Å². The second-order valence-electron chi connectivity index (χ2n) is 4.01. The van der Waals surface area contributed by atoms with Crippen molar-refractivity contribution >= 4 is 5.91 Å². The number of hydrogen-bond acceptors (Lipinski definition) is 2. The van der Waals surface area contributed by atoms with E-state index in [1.165, 1.54) is 0 Å². The Morgan fingerprint density at radius 3 is 2.93 bits per heavy atom. The van der Waals surface area contributed by atoms with Crippen LogP contribution in [0.4, 0.5) is 8.78 Å². The number of alkyl halides is 2. The molecule has 0 radical (unpaired) electrons. The molecule has 0 bridgehead atoms. The minimum atomic E-state index is -2.86. The highest BCUT2D eigenvalue weighted by Crippen LogP contribution is 2.15. The maximum absolute atomic E-state index is 11.7. The zero-order valence-electron chi connectivity index (χ0n) is 8.92. The molecule has 88 valence electrons. The number of hydrogen-bond donors (Lipinski definition) is 0. The Balaban J connectivity index is 2.36. The van der Waals surface area contributed by atoms with Gasteiger partial charge in [-0.15, -0.1) is 0 Å². The van der Waals surface area contributed by atoms with Crippen molar-refractivity contribution < 1.29 is 18.3 Å². The van der Waals surface area contributed by atoms with Crippen molar-refractivity contribution in [2.24, 2.45) is 5.92 Å². The molecule has 3 nitrogen and oxygen atoms in total. The van der Waals surface area contributed by atoms with Gasteiger partial charge in [0.15, 0.2) is 0 Å². The highest BCUT2D eigenvalue weighted by atomic mass is 19.3. The molecule has 1 saturated heterocycles. The minimum absolute atomic E-state index is 0.330. The van der Waals surface area contributed by atoms with Crippen LogP contribution in [-0.2, 0) is 9.53 Å². The molecule has 1 fully saturated rings. The highest BCUT2D eigenvalue weighted by molar-refractivity contribution is 5.77. The number of ether oxygens (including phenoxy) is 1. The Hall–Kier alpha value is -0.710. The van der Waals surface area contributed by atoms with E-state index in [0.29, 0.717) is 19.0 Å². The summed E-state index contributed by atoms with van der Waals surface area (Å²) in [6, 6.07) is 0. The van der Waals surface area contributed by atoms with Crippen molar-refractivity contribution in [1.29, 1.82) is 0 Å². The summed E-state index contributed by atoms with van der Waals surface area (Å²) in [6.45, 7) is 0.0175. The average molecular weight is 221 g/mol. The van der Waals surface area contributed by atoms with Gasteiger partial charge >= 0.3 is 6.61 Å². The van der Waals surface area contributed by atoms with E-state index in [0.717, 1.165) is 19.3 Å². The van der Waals surface area contributed by atoms with E-state index in [2.05, 4.69) is 11.7 Å². The number of likely N-dealkylation sites (tertiary alicyclic amines) is 1. The van der Waals surface area contributed by atoms with Crippen LogP contribution in [0.3, 0.4) is 0 Å². The monoisotopic (exact) mass is 221 g/mol. The summed E-state index contributed by atoms with van der Waals surface area (Å²) in [5.74, 6) is 0.118. The Kier molecular flexibility index (Phi) is 4.94. The fourth-order valence-corrected chi connectivity index (χ4v) is 1.81. The lowest BCUT2D eigenvalue weighted by Gasteiger charge is -2.22. The van der Waals surface area contributed by atoms with E-state index in [-0.39, 0.29) is 5.91 Å². The normalized spacial score (nSPS) is 22.9. The van der Waals surface area contributed by atoms with Gasteiger partial charge in [0.1, 0.15) is 6.61 Å². The van der Waals surface area contributed by atoms with Crippen molar-refractivity contribution in [2.75, 3.05) is 19.7 Å². The van der Waals surface area contributed by atoms with Crippen molar-refractivity contribution in [3.8, 4) is 0 Å². The molecule has 5 heteroatoms. The Morgan fingerprint density at radius 1 is 1.53 bits per heavy atom. The summed E-state index contributed by atoms with van der Waals surface area (Å²) >= 11 is 0. The molecule has 1 aliphatic rings. The number of amides is 1. The van der Waals surface area contributed by atoms with Gasteiger partial charge in [-0.05, 0) is 18.8 Å². The molecule has 0 aliphatic carbocycles. The van der Waals surface area contributed by atoms with Gasteiger partial charge in [0.2, 0.25) is 5.91 Å². The first kappa shape index (κ1) is 12.4. The molecule has 1 heterocycles. The topological polar surface area (TPSA) is 29.5 Å². The summed E-state index contributed by atoms with van der Waals surface area (Å²) in [7, 11) is 0. The molecule has 0 spiro atoms. The maximum Gasteiger partial charge on any atom is 0.345 e. The highest BCUT2D eigenvalue weighted by Gasteiger charge is 2.20. The number of nitrogens with zero attached hydrogens (tertiary/aromatic N) is 1. The summed E-state index contributed by atoms with van der Waals surface area (Å²) in [4.78, 5) is 13.1. The first-order chi connectivity index (χ1) is 7.09. The van der Waals surface area contributed by atoms with Crippen LogP contribution in [0.25, 0.3) is 0 Å². The first-order valence-corrected chi connectivity index (χ1v) is 5.27. The fourth-order valence-electron chi connectivity index (χ4n) is 1.81. The van der Waals surface area contributed by atoms with Crippen molar-refractivity contribution in [2.45, 2.75) is 32.8 Å². The van der Waals surface area contributed by atoms with Gasteiger partial charge in [-0.1, -0.05) is 13.3 Å². The van der Waals surface area contributed by atoms with E-state index >= 15 is 0 Å². The number of carbonyl (C=O) groups excluding carboxylic acids is 1. The molecule has 0 saturated carbocycles. The van der Waals surface area contributed by atoms with Gasteiger partial charge in [-0.3, -0.25) is 4.79 Å². The smallest absolute Gasteiger partial charge is 0.340 e. The molecule has 0 aromatic carbocycles. The molecule has 0 N–H and O–H groups in total. The first-order valence-electron chi connectivity index (χ1n) is 5.27. The molecule has 15 heavy (non-hydrogen) atoms. The third-order valence-electron chi connectivity index (χ3n) is 2.59. The van der Waals surface area contributed by atoms with Gasteiger partial charge < -0.3 is 9.64 Å². The molecule has 1 aliphatic heterocycles. The van der Waals surface area contributed by atoms with Crippen molar-refractivity contribution in [3.05, 3.63) is 0 Å². The summed E-state index contributed by atoms with van der Waals surface area (Å²) in [5, 5.41) is 0. The molecule has 1 atom stereocenters. The molecule has 1 rings (SSSR count). The Labute approximate surface area is 88.4 Å². The minimum Gasteiger partial charge on any atom is -0.340 e. The summed E-state index contributed by atoms with van der Waals surface area (Å²) < 4.78 is 27.5. The number of carbonyl (C=O) groups is 1. The lowest BCUT2D eigenvalue weighted by molar-refractivity contribution is -0.159. The maximum atomic E-state index is 11.7. The van der Waals surface area contributed by atoms with Crippen LogP contribution in [0, 0.1) is 5.92 Å². The van der Waals surface area contributed by atoms with Gasteiger partial charge in [0, 0.05) is 13.1 Å². The van der Waals surface area contributed by atoms with Gasteiger partial charge in [0.05, 0.1) is 0 Å². The third kappa shape index (κ3) is 4.55. The predicted octanol–water partition coefficient (Wildman–Crippen LogP) is 1.87. The van der Waals surface area contributed by atoms with Crippen LogP contribution in [0.15, 0.2) is 0 Å². The van der Waals surface area contributed by atoms with Crippen LogP contribution in [0.1, 0.15) is 26.2 Å². The van der Waals surface area contributed by atoms with Crippen LogP contribution >= 0.6 is 0 Å². The lowest BCUT2D eigenvalue weighted by Crippen LogP contribution is -2.37. The Morgan fingerprint density at radius 2 is 2.27 bits per heavy atom. The van der Waals surface area contributed by atoms with Crippen molar-refractivity contribution in [1.82, 2.24) is 4.90 Å². The van der Waals surface area contributed by atoms with Gasteiger partial charge in [-0.2, -0.15) is 8.78 Å². The van der Waals surface area contributed by atoms with Crippen molar-refractivity contribution in [3.63, 3.8) is 0 Å². The zero-order valence-corrected chi connectivity index (χ0v) is 8.92. The number of halogens is 2. The van der Waals surface area contributed by atoms with Crippen LogP contribution in [-0.4, -0.2) is 37.1 Å². The fraction of sp³-hybridized carbons (Fsp3) is 0.900.